The van der Waals surface area contributed by atoms with Gasteiger partial charge in [-0.1, -0.05) is 17.7 Å². The van der Waals surface area contributed by atoms with E-state index in [1.54, 1.807) is 0 Å². The summed E-state index contributed by atoms with van der Waals surface area (Å²) in [5.74, 6) is 1.84. The molecule has 2 heterocycles. The van der Waals surface area contributed by atoms with Crippen molar-refractivity contribution in [3.63, 3.8) is 0 Å². The Bertz CT molecular complexity index is 758. The van der Waals surface area contributed by atoms with E-state index in [9.17, 15) is 0 Å². The Morgan fingerprint density at radius 1 is 1.30 bits per heavy atom. The minimum atomic E-state index is 0.524. The third-order valence-corrected chi connectivity index (χ3v) is 5.00. The molecule has 4 rings (SSSR count). The van der Waals surface area contributed by atoms with Crippen molar-refractivity contribution in [2.24, 2.45) is 0 Å². The molecule has 0 bridgehead atoms. The van der Waals surface area contributed by atoms with Crippen LogP contribution in [-0.4, -0.2) is 31.3 Å². The third kappa shape index (κ3) is 3.34. The van der Waals surface area contributed by atoms with E-state index in [-0.39, 0.29) is 0 Å². The van der Waals surface area contributed by atoms with Gasteiger partial charge in [-0.2, -0.15) is 5.10 Å². The third-order valence-electron chi connectivity index (χ3n) is 4.37. The van der Waals surface area contributed by atoms with Crippen LogP contribution in [0.4, 0.5) is 0 Å². The molecule has 2 fully saturated rings. The molecule has 0 unspecified atom stereocenters. The minimum absolute atomic E-state index is 0.524. The highest BCUT2D eigenvalue weighted by Crippen LogP contribution is 2.44. The molecule has 0 aliphatic heterocycles. The monoisotopic (exact) mass is 349 g/mol. The summed E-state index contributed by atoms with van der Waals surface area (Å²) in [6.07, 6.45) is 6.81. The molecule has 5 nitrogen and oxygen atoms in total. The summed E-state index contributed by atoms with van der Waals surface area (Å²) in [7, 11) is 2.07. The Morgan fingerprint density at radius 2 is 2.09 bits per heavy atom. The number of aromatic nitrogens is 4. The van der Waals surface area contributed by atoms with E-state index in [0.29, 0.717) is 23.8 Å². The Morgan fingerprint density at radius 3 is 2.70 bits per heavy atom. The van der Waals surface area contributed by atoms with E-state index < -0.39 is 0 Å². The van der Waals surface area contributed by atoms with Gasteiger partial charge in [-0.3, -0.25) is 4.90 Å². The van der Waals surface area contributed by atoms with Crippen molar-refractivity contribution in [2.75, 3.05) is 7.05 Å². The van der Waals surface area contributed by atoms with Crippen molar-refractivity contribution >= 4 is 23.8 Å². The first-order valence-corrected chi connectivity index (χ1v) is 8.88. The highest BCUT2D eigenvalue weighted by molar-refractivity contribution is 7.71. The van der Waals surface area contributed by atoms with Gasteiger partial charge in [-0.15, -0.1) is 0 Å². The smallest absolute Gasteiger partial charge is 0.199 e. The molecule has 2 aliphatic carbocycles. The van der Waals surface area contributed by atoms with Crippen LogP contribution in [0.3, 0.4) is 0 Å². The Hall–Kier alpha value is -1.24. The maximum atomic E-state index is 5.83. The zero-order valence-electron chi connectivity index (χ0n) is 13.2. The second-order valence-electron chi connectivity index (χ2n) is 6.66. The lowest BCUT2D eigenvalue weighted by Gasteiger charge is -2.16. The lowest BCUT2D eigenvalue weighted by Crippen LogP contribution is -2.22. The van der Waals surface area contributed by atoms with Crippen LogP contribution < -0.4 is 0 Å². The molecule has 2 aromatic heterocycles. The molecule has 0 aromatic carbocycles. The van der Waals surface area contributed by atoms with Gasteiger partial charge in [-0.05, 0) is 56.6 Å². The van der Waals surface area contributed by atoms with Gasteiger partial charge in [0.25, 0.3) is 0 Å². The molecular formula is C16H20ClN5S. The van der Waals surface area contributed by atoms with Crippen molar-refractivity contribution in [1.82, 2.24) is 24.2 Å². The fourth-order valence-electron chi connectivity index (χ4n) is 2.92. The fraction of sp³-hybridized carbons (Fsp3) is 0.562. The molecule has 7 heteroatoms. The van der Waals surface area contributed by atoms with Gasteiger partial charge in [0.05, 0.1) is 6.67 Å². The Balaban J connectivity index is 1.50. The number of nitrogens with zero attached hydrogens (tertiary/aromatic N) is 5. The van der Waals surface area contributed by atoms with Crippen LogP contribution in [0.1, 0.15) is 49.0 Å². The maximum Gasteiger partial charge on any atom is 0.199 e. The van der Waals surface area contributed by atoms with E-state index in [2.05, 4.69) is 21.5 Å². The number of pyridine rings is 1. The molecule has 0 spiro atoms. The standard InChI is InChI=1S/C16H20ClN5S/c1-20(9-11-2-7-14(17)18-8-11)10-21-16(23)22(13-5-6-13)15(19-21)12-3-4-12/h2,7-8,12-13H,3-6,9-10H2,1H3. The molecule has 0 radical (unpaired) electrons. The van der Waals surface area contributed by atoms with Crippen molar-refractivity contribution in [3.8, 4) is 0 Å². The Kier molecular flexibility index (Phi) is 3.99. The second-order valence-corrected chi connectivity index (χ2v) is 7.41. The summed E-state index contributed by atoms with van der Waals surface area (Å²) >= 11 is 11.5. The normalized spacial score (nSPS) is 17.9. The molecule has 0 amide bonds. The summed E-state index contributed by atoms with van der Waals surface area (Å²) in [4.78, 5) is 6.33. The predicted molar refractivity (Wildman–Crippen MR) is 92.0 cm³/mol. The van der Waals surface area contributed by atoms with Gasteiger partial charge >= 0.3 is 0 Å². The van der Waals surface area contributed by atoms with Crippen LogP contribution in [-0.2, 0) is 13.2 Å². The van der Waals surface area contributed by atoms with E-state index >= 15 is 0 Å². The van der Waals surface area contributed by atoms with Crippen molar-refractivity contribution in [2.45, 2.75) is 50.9 Å². The van der Waals surface area contributed by atoms with Gasteiger partial charge < -0.3 is 4.57 Å². The van der Waals surface area contributed by atoms with Crippen LogP contribution >= 0.6 is 23.8 Å². The molecule has 2 saturated carbocycles. The number of hydrogen-bond donors (Lipinski definition) is 0. The zero-order chi connectivity index (χ0) is 16.0. The number of hydrogen-bond acceptors (Lipinski definition) is 4. The lowest BCUT2D eigenvalue weighted by atomic mass is 10.3. The van der Waals surface area contributed by atoms with Gasteiger partial charge in [0.15, 0.2) is 4.77 Å². The molecule has 0 saturated heterocycles. The van der Waals surface area contributed by atoms with E-state index in [0.717, 1.165) is 16.9 Å². The quantitative estimate of drug-likeness (QED) is 0.588. The van der Waals surface area contributed by atoms with Crippen LogP contribution in [0.15, 0.2) is 18.3 Å². The van der Waals surface area contributed by atoms with Gasteiger partial charge in [0, 0.05) is 24.7 Å². The fourth-order valence-corrected chi connectivity index (χ4v) is 3.37. The zero-order valence-corrected chi connectivity index (χ0v) is 14.7. The Labute approximate surface area is 145 Å². The van der Waals surface area contributed by atoms with Crippen molar-refractivity contribution < 1.29 is 0 Å². The summed E-state index contributed by atoms with van der Waals surface area (Å²) in [5.41, 5.74) is 1.13. The van der Waals surface area contributed by atoms with Crippen LogP contribution in [0, 0.1) is 4.77 Å². The number of rotatable bonds is 6. The highest BCUT2D eigenvalue weighted by atomic mass is 35.5. The van der Waals surface area contributed by atoms with Crippen molar-refractivity contribution in [1.29, 1.82) is 0 Å². The SMILES string of the molecule is CN(Cc1ccc(Cl)nc1)Cn1nc(C2CC2)n(C2CC2)c1=S. The molecule has 23 heavy (non-hydrogen) atoms. The molecule has 0 N–H and O–H groups in total. The molecule has 0 atom stereocenters. The predicted octanol–water partition coefficient (Wildman–Crippen LogP) is 3.76. The average Bonchev–Trinajstić information content (AvgIpc) is 3.42. The topological polar surface area (TPSA) is 38.9 Å². The largest absolute Gasteiger partial charge is 0.301 e. The minimum Gasteiger partial charge on any atom is -0.301 e. The first-order valence-electron chi connectivity index (χ1n) is 8.10. The molecular weight excluding hydrogens is 330 g/mol. The first kappa shape index (κ1) is 15.3. The number of halogens is 1. The van der Waals surface area contributed by atoms with E-state index in [1.807, 2.05) is 23.0 Å². The maximum absolute atomic E-state index is 5.83. The van der Waals surface area contributed by atoms with E-state index in [1.165, 1.54) is 31.5 Å². The summed E-state index contributed by atoms with van der Waals surface area (Å²) in [5, 5.41) is 5.35. The van der Waals surface area contributed by atoms with Gasteiger partial charge in [0.2, 0.25) is 0 Å². The second kappa shape index (κ2) is 6.00. The highest BCUT2D eigenvalue weighted by Gasteiger charge is 2.35. The summed E-state index contributed by atoms with van der Waals surface area (Å²) in [6, 6.07) is 4.42. The molecule has 2 aliphatic rings. The van der Waals surface area contributed by atoms with Crippen LogP contribution in [0.25, 0.3) is 0 Å². The summed E-state index contributed by atoms with van der Waals surface area (Å²) in [6.45, 7) is 1.49. The lowest BCUT2D eigenvalue weighted by molar-refractivity contribution is 0.243. The average molecular weight is 350 g/mol. The molecule has 2 aromatic rings. The van der Waals surface area contributed by atoms with Crippen LogP contribution in [0.2, 0.25) is 5.15 Å². The van der Waals surface area contributed by atoms with E-state index in [4.69, 9.17) is 28.9 Å². The van der Waals surface area contributed by atoms with Gasteiger partial charge in [0.1, 0.15) is 11.0 Å². The van der Waals surface area contributed by atoms with Crippen LogP contribution in [0.5, 0.6) is 0 Å². The summed E-state index contributed by atoms with van der Waals surface area (Å²) < 4.78 is 5.16. The van der Waals surface area contributed by atoms with Gasteiger partial charge in [-0.25, -0.2) is 9.67 Å². The molecule has 122 valence electrons. The van der Waals surface area contributed by atoms with Crippen molar-refractivity contribution in [3.05, 3.63) is 39.6 Å². The first-order chi connectivity index (χ1) is 11.1.